The smallest absolute Gasteiger partial charge is 0.310 e. The van der Waals surface area contributed by atoms with Gasteiger partial charge in [0.05, 0.1) is 6.42 Å². The van der Waals surface area contributed by atoms with Gasteiger partial charge in [0.15, 0.2) is 6.10 Å². The zero-order valence-electron chi connectivity index (χ0n) is 49.4. The van der Waals surface area contributed by atoms with E-state index in [0.29, 0.717) is 19.3 Å². The summed E-state index contributed by atoms with van der Waals surface area (Å²) in [5, 5.41) is 0. The van der Waals surface area contributed by atoms with Gasteiger partial charge in [-0.2, -0.15) is 0 Å². The maximum absolute atomic E-state index is 12.8. The zero-order valence-corrected chi connectivity index (χ0v) is 49.4. The number of carbonyl (C=O) groups is 3. The summed E-state index contributed by atoms with van der Waals surface area (Å²) in [7, 11) is 0. The molecule has 432 valence electrons. The average molecular weight is 1060 g/mol. The van der Waals surface area contributed by atoms with Crippen molar-refractivity contribution in [2.24, 2.45) is 0 Å². The maximum atomic E-state index is 12.8. The molecule has 0 spiro atoms. The van der Waals surface area contributed by atoms with E-state index in [2.05, 4.69) is 167 Å². The first-order valence-electron chi connectivity index (χ1n) is 31.0. The van der Waals surface area contributed by atoms with E-state index < -0.39 is 12.1 Å². The Morgan fingerprint density at radius 3 is 0.870 bits per heavy atom. The Kier molecular flexibility index (Phi) is 59.5. The van der Waals surface area contributed by atoms with Crippen molar-refractivity contribution >= 4 is 17.9 Å². The van der Waals surface area contributed by atoms with Gasteiger partial charge in [-0.3, -0.25) is 14.4 Å². The van der Waals surface area contributed by atoms with Crippen LogP contribution in [-0.4, -0.2) is 37.2 Å². The second kappa shape index (κ2) is 63.6. The van der Waals surface area contributed by atoms with Crippen LogP contribution in [0.1, 0.15) is 252 Å². The molecule has 6 nitrogen and oxygen atoms in total. The summed E-state index contributed by atoms with van der Waals surface area (Å²) in [5.74, 6) is -1.09. The van der Waals surface area contributed by atoms with Gasteiger partial charge in [0.25, 0.3) is 0 Å². The van der Waals surface area contributed by atoms with Crippen LogP contribution in [0.5, 0.6) is 0 Å². The monoisotopic (exact) mass is 1060 g/mol. The standard InChI is InChI=1S/C71H112O6/c1-4-7-10-13-16-19-22-25-28-29-30-31-32-33-34-35-36-37-38-39-40-41-44-46-49-52-55-58-61-64-70(73)76-67-68(77-71(74)65-62-59-56-53-50-47-43-27-24-21-18-15-12-9-6-3)66-75-69(72)63-60-57-54-51-48-45-42-26-23-20-17-14-11-8-5-2/h7,9-10,12,16,18-19,21,25-28,30-31,33-34,36-37,39-40,42-43,50,53,59,62,68H,4-6,8,11,13-15,17,20,22-24,29,32,35,38,41,44-49,51-52,54-58,60-61,63-67H2,1-3H3/b10-7-,12-9-,19-16-,21-18-,28-25-,31-30-,34-33-,37-36-,40-39-,42-26-,43-27-,53-50-,62-59-. The number of carbonyl (C=O) groups excluding carboxylic acids is 3. The molecule has 1 unspecified atom stereocenters. The topological polar surface area (TPSA) is 78.9 Å². The first-order valence-corrected chi connectivity index (χ1v) is 31.0. The second-order valence-electron chi connectivity index (χ2n) is 19.9. The van der Waals surface area contributed by atoms with Gasteiger partial charge in [0.2, 0.25) is 0 Å². The average Bonchev–Trinajstić information content (AvgIpc) is 3.43. The molecular weight excluding hydrogens is 949 g/mol. The molecular formula is C71H112O6. The Bertz CT molecular complexity index is 1740. The molecule has 0 fully saturated rings. The molecule has 0 radical (unpaired) electrons. The van der Waals surface area contributed by atoms with Crippen LogP contribution in [0.3, 0.4) is 0 Å². The summed E-state index contributed by atoms with van der Waals surface area (Å²) in [6, 6.07) is 0. The SMILES string of the molecule is CC/C=C\C/C=C\C/C=C\C/C=C\C/C=C\C/C=C\C/C=C\CCCCCCCCCC(=O)OCC(COC(=O)CCCCCCC/C=C\CCCCCCCC)OC(=O)C/C=C\C/C=C\C/C=C\C/C=C\C/C=C\CC. The van der Waals surface area contributed by atoms with Crippen molar-refractivity contribution < 1.29 is 28.6 Å². The van der Waals surface area contributed by atoms with E-state index in [-0.39, 0.29) is 31.6 Å². The first kappa shape index (κ1) is 72.0. The first-order chi connectivity index (χ1) is 38.0. The van der Waals surface area contributed by atoms with Crippen LogP contribution in [0.2, 0.25) is 0 Å². The van der Waals surface area contributed by atoms with Crippen molar-refractivity contribution in [1.29, 1.82) is 0 Å². The van der Waals surface area contributed by atoms with Crippen molar-refractivity contribution in [3.8, 4) is 0 Å². The van der Waals surface area contributed by atoms with E-state index in [1.54, 1.807) is 6.08 Å². The third-order valence-electron chi connectivity index (χ3n) is 12.5. The van der Waals surface area contributed by atoms with E-state index in [4.69, 9.17) is 14.2 Å². The van der Waals surface area contributed by atoms with Crippen molar-refractivity contribution in [3.05, 3.63) is 158 Å². The molecule has 0 aromatic rings. The van der Waals surface area contributed by atoms with Crippen LogP contribution in [0.15, 0.2) is 158 Å². The summed E-state index contributed by atoms with van der Waals surface area (Å²) >= 11 is 0. The molecule has 0 heterocycles. The second-order valence-corrected chi connectivity index (χ2v) is 19.9. The summed E-state index contributed by atoms with van der Waals surface area (Å²) < 4.78 is 16.8. The fourth-order valence-electron chi connectivity index (χ4n) is 7.96. The van der Waals surface area contributed by atoms with Crippen LogP contribution < -0.4 is 0 Å². The molecule has 0 aliphatic carbocycles. The van der Waals surface area contributed by atoms with Gasteiger partial charge in [0, 0.05) is 12.8 Å². The van der Waals surface area contributed by atoms with Crippen molar-refractivity contribution in [2.45, 2.75) is 258 Å². The molecule has 0 aliphatic heterocycles. The van der Waals surface area contributed by atoms with E-state index >= 15 is 0 Å². The highest BCUT2D eigenvalue weighted by atomic mass is 16.6. The summed E-state index contributed by atoms with van der Waals surface area (Å²) in [4.78, 5) is 38.2. The quantitative estimate of drug-likeness (QED) is 0.0261. The molecule has 0 saturated carbocycles. The molecule has 6 heteroatoms. The van der Waals surface area contributed by atoms with Gasteiger partial charge in [0.1, 0.15) is 13.2 Å². The highest BCUT2D eigenvalue weighted by molar-refractivity contribution is 5.72. The van der Waals surface area contributed by atoms with Crippen molar-refractivity contribution in [1.82, 2.24) is 0 Å². The van der Waals surface area contributed by atoms with Gasteiger partial charge >= 0.3 is 17.9 Å². The third kappa shape index (κ3) is 61.8. The number of rotatable bonds is 54. The lowest BCUT2D eigenvalue weighted by Crippen LogP contribution is -2.30. The molecule has 0 aromatic heterocycles. The molecule has 0 N–H and O–H groups in total. The number of allylic oxidation sites excluding steroid dienone is 25. The van der Waals surface area contributed by atoms with Crippen molar-refractivity contribution in [3.63, 3.8) is 0 Å². The lowest BCUT2D eigenvalue weighted by atomic mass is 10.1. The Labute approximate surface area is 473 Å². The summed E-state index contributed by atoms with van der Waals surface area (Å²) in [6.45, 7) is 6.30. The van der Waals surface area contributed by atoms with E-state index in [9.17, 15) is 14.4 Å². The van der Waals surface area contributed by atoms with Gasteiger partial charge in [-0.15, -0.1) is 0 Å². The zero-order chi connectivity index (χ0) is 55.7. The molecule has 0 rings (SSSR count). The highest BCUT2D eigenvalue weighted by Gasteiger charge is 2.19. The number of hydrogen-bond acceptors (Lipinski definition) is 6. The predicted molar refractivity (Wildman–Crippen MR) is 334 cm³/mol. The molecule has 77 heavy (non-hydrogen) atoms. The molecule has 0 aliphatic rings. The normalized spacial score (nSPS) is 13.2. The summed E-state index contributed by atoms with van der Waals surface area (Å²) in [5.41, 5.74) is 0. The summed E-state index contributed by atoms with van der Waals surface area (Å²) in [6.07, 6.45) is 92.7. The highest BCUT2D eigenvalue weighted by Crippen LogP contribution is 2.13. The molecule has 0 bridgehead atoms. The minimum Gasteiger partial charge on any atom is -0.462 e. The predicted octanol–water partition coefficient (Wildman–Crippen LogP) is 21.3. The van der Waals surface area contributed by atoms with E-state index in [1.165, 1.54) is 70.6 Å². The van der Waals surface area contributed by atoms with Gasteiger partial charge in [-0.1, -0.05) is 262 Å². The van der Waals surface area contributed by atoms with Crippen molar-refractivity contribution in [2.75, 3.05) is 13.2 Å². The molecule has 0 aromatic carbocycles. The van der Waals surface area contributed by atoms with E-state index in [1.807, 2.05) is 6.08 Å². The number of unbranched alkanes of at least 4 members (excludes halogenated alkanes) is 18. The molecule has 0 saturated heterocycles. The van der Waals surface area contributed by atoms with Crippen LogP contribution in [0.4, 0.5) is 0 Å². The minimum absolute atomic E-state index is 0.0859. The number of ether oxygens (including phenoxy) is 3. The lowest BCUT2D eigenvalue weighted by Gasteiger charge is -2.18. The molecule has 1 atom stereocenters. The van der Waals surface area contributed by atoms with Crippen LogP contribution in [0.25, 0.3) is 0 Å². The lowest BCUT2D eigenvalue weighted by molar-refractivity contribution is -0.166. The number of esters is 3. The van der Waals surface area contributed by atoms with Crippen LogP contribution in [-0.2, 0) is 28.6 Å². The largest absolute Gasteiger partial charge is 0.462 e. The van der Waals surface area contributed by atoms with Gasteiger partial charge in [-0.05, 0) is 128 Å². The Hall–Kier alpha value is -4.97. The minimum atomic E-state index is -0.848. The Balaban J connectivity index is 4.44. The van der Waals surface area contributed by atoms with Crippen LogP contribution >= 0.6 is 0 Å². The number of hydrogen-bond donors (Lipinski definition) is 0. The Morgan fingerprint density at radius 1 is 0.286 bits per heavy atom. The molecule has 0 amide bonds. The van der Waals surface area contributed by atoms with Gasteiger partial charge in [-0.25, -0.2) is 0 Å². The fourth-order valence-corrected chi connectivity index (χ4v) is 7.96. The van der Waals surface area contributed by atoms with Crippen LogP contribution in [0, 0.1) is 0 Å². The van der Waals surface area contributed by atoms with Gasteiger partial charge < -0.3 is 14.2 Å². The maximum Gasteiger partial charge on any atom is 0.310 e. The Morgan fingerprint density at radius 2 is 0.545 bits per heavy atom. The fraction of sp³-hybridized carbons (Fsp3) is 0.592. The van der Waals surface area contributed by atoms with E-state index in [0.717, 1.165) is 135 Å². The third-order valence-corrected chi connectivity index (χ3v) is 12.5.